The van der Waals surface area contributed by atoms with Crippen molar-refractivity contribution in [1.29, 1.82) is 0 Å². The zero-order valence-electron chi connectivity index (χ0n) is 17.9. The summed E-state index contributed by atoms with van der Waals surface area (Å²) in [6.07, 6.45) is 0.231. The van der Waals surface area contributed by atoms with Crippen LogP contribution in [0.3, 0.4) is 0 Å². The van der Waals surface area contributed by atoms with Crippen LogP contribution in [-0.2, 0) is 22.4 Å². The Hall–Kier alpha value is -3.32. The van der Waals surface area contributed by atoms with Crippen molar-refractivity contribution < 1.29 is 23.8 Å². The third-order valence-corrected chi connectivity index (χ3v) is 7.06. The fourth-order valence-corrected chi connectivity index (χ4v) is 5.45. The summed E-state index contributed by atoms with van der Waals surface area (Å²) in [5.41, 5.74) is 3.51. The highest BCUT2D eigenvalue weighted by Crippen LogP contribution is 2.42. The number of nitrogens with zero attached hydrogens (tertiary/aromatic N) is 1. The number of ether oxygens (including phenoxy) is 3. The fourth-order valence-electron chi connectivity index (χ4n) is 4.59. The molecule has 32 heavy (non-hydrogen) atoms. The summed E-state index contributed by atoms with van der Waals surface area (Å²) in [7, 11) is 3.23. The number of benzene rings is 2. The van der Waals surface area contributed by atoms with Crippen LogP contribution < -0.4 is 9.47 Å². The van der Waals surface area contributed by atoms with Gasteiger partial charge in [-0.05, 0) is 52.8 Å². The third-order valence-electron chi connectivity index (χ3n) is 6.14. The summed E-state index contributed by atoms with van der Waals surface area (Å²) in [6, 6.07) is 15.0. The van der Waals surface area contributed by atoms with E-state index in [0.717, 1.165) is 21.6 Å². The van der Waals surface area contributed by atoms with Crippen LogP contribution in [0.1, 0.15) is 38.0 Å². The van der Waals surface area contributed by atoms with E-state index < -0.39 is 12.1 Å². The number of thiophene rings is 1. The molecule has 2 atom stereocenters. The molecule has 3 heterocycles. The van der Waals surface area contributed by atoms with E-state index >= 15 is 0 Å². The topological polar surface area (TPSA) is 65.1 Å². The van der Waals surface area contributed by atoms with E-state index in [4.69, 9.17) is 14.2 Å². The molecule has 1 amide bonds. The predicted molar refractivity (Wildman–Crippen MR) is 120 cm³/mol. The Bertz CT molecular complexity index is 1170. The van der Waals surface area contributed by atoms with Gasteiger partial charge in [0.05, 0.1) is 25.8 Å². The second-order valence-corrected chi connectivity index (χ2v) is 8.84. The molecule has 0 fully saturated rings. The number of carbonyl (C=O) groups is 2. The minimum absolute atomic E-state index is 0.174. The van der Waals surface area contributed by atoms with Crippen molar-refractivity contribution in [3.8, 4) is 11.5 Å². The lowest BCUT2D eigenvalue weighted by atomic mass is 9.89. The van der Waals surface area contributed by atoms with Crippen molar-refractivity contribution in [1.82, 2.24) is 4.90 Å². The van der Waals surface area contributed by atoms with Crippen molar-refractivity contribution in [3.63, 3.8) is 0 Å². The van der Waals surface area contributed by atoms with Gasteiger partial charge in [-0.1, -0.05) is 24.3 Å². The molecule has 0 bridgehead atoms. The van der Waals surface area contributed by atoms with Gasteiger partial charge in [0.1, 0.15) is 0 Å². The number of amides is 1. The number of hydrogen-bond donors (Lipinski definition) is 0. The van der Waals surface area contributed by atoms with Crippen LogP contribution in [-0.4, -0.2) is 43.6 Å². The Morgan fingerprint density at radius 3 is 2.59 bits per heavy atom. The predicted octanol–water partition coefficient (Wildman–Crippen LogP) is 4.02. The minimum atomic E-state index is -0.832. The maximum Gasteiger partial charge on any atom is 0.339 e. The van der Waals surface area contributed by atoms with Crippen LogP contribution in [0.25, 0.3) is 0 Å². The van der Waals surface area contributed by atoms with Gasteiger partial charge in [-0.3, -0.25) is 4.79 Å². The van der Waals surface area contributed by atoms with Crippen molar-refractivity contribution >= 4 is 23.2 Å². The summed E-state index contributed by atoms with van der Waals surface area (Å²) in [5.74, 6) is 0.683. The number of cyclic esters (lactones) is 1. The molecular formula is C25H23NO5S. The summed E-state index contributed by atoms with van der Waals surface area (Å²) in [6.45, 7) is 0.527. The summed E-state index contributed by atoms with van der Waals surface area (Å²) >= 11 is 1.60. The fraction of sp³-hybridized carbons (Fsp3) is 0.280. The molecule has 0 saturated heterocycles. The smallest absolute Gasteiger partial charge is 0.339 e. The minimum Gasteiger partial charge on any atom is -0.493 e. The number of methoxy groups -OCH3 is 2. The van der Waals surface area contributed by atoms with Gasteiger partial charge in [-0.15, -0.1) is 11.3 Å². The lowest BCUT2D eigenvalue weighted by molar-refractivity contribution is -0.143. The van der Waals surface area contributed by atoms with Gasteiger partial charge in [-0.2, -0.15) is 0 Å². The van der Waals surface area contributed by atoms with Crippen molar-refractivity contribution in [2.45, 2.75) is 25.0 Å². The van der Waals surface area contributed by atoms with E-state index in [1.165, 1.54) is 0 Å². The number of rotatable bonds is 4. The number of carbonyl (C=O) groups excluding carboxylic acids is 2. The lowest BCUT2D eigenvalue weighted by Crippen LogP contribution is -2.48. The van der Waals surface area contributed by atoms with Crippen LogP contribution >= 0.6 is 11.3 Å². The molecule has 0 N–H and O–H groups in total. The van der Waals surface area contributed by atoms with Gasteiger partial charge in [0.25, 0.3) is 5.91 Å². The standard InChI is InChI=1S/C25H23NO5S/c1-29-19-12-16-9-10-26(23(22-8-5-11-32-22)18(16)14-20(19)30-2)24(27)21-13-15-6-3-4-7-17(15)25(28)31-21/h3-8,11-12,14,21,23H,9-10,13H2,1-2H3. The van der Waals surface area contributed by atoms with Gasteiger partial charge in [0.15, 0.2) is 17.6 Å². The monoisotopic (exact) mass is 449 g/mol. The van der Waals surface area contributed by atoms with Crippen molar-refractivity contribution in [3.05, 3.63) is 81.0 Å². The normalized spacial score (nSPS) is 19.6. The molecule has 0 aliphatic carbocycles. The Labute approximate surface area is 190 Å². The lowest BCUT2D eigenvalue weighted by Gasteiger charge is -2.39. The van der Waals surface area contributed by atoms with Gasteiger partial charge in [0.2, 0.25) is 0 Å². The SMILES string of the molecule is COc1cc2c(cc1OC)C(c1cccs1)N(C(=O)C1Cc3ccccc3C(=O)O1)CC2. The second-order valence-electron chi connectivity index (χ2n) is 7.86. The van der Waals surface area contributed by atoms with Gasteiger partial charge >= 0.3 is 5.97 Å². The molecule has 1 aromatic heterocycles. The van der Waals surface area contributed by atoms with Crippen LogP contribution in [0.2, 0.25) is 0 Å². The first-order chi connectivity index (χ1) is 15.6. The van der Waals surface area contributed by atoms with Gasteiger partial charge in [0, 0.05) is 17.8 Å². The zero-order chi connectivity index (χ0) is 22.2. The maximum absolute atomic E-state index is 13.7. The van der Waals surface area contributed by atoms with E-state index in [-0.39, 0.29) is 11.9 Å². The summed E-state index contributed by atoms with van der Waals surface area (Å²) in [5, 5.41) is 2.00. The third kappa shape index (κ3) is 3.42. The van der Waals surface area contributed by atoms with Crippen LogP contribution in [0.15, 0.2) is 53.9 Å². The number of esters is 1. The first-order valence-electron chi connectivity index (χ1n) is 10.5. The quantitative estimate of drug-likeness (QED) is 0.563. The number of hydrogen-bond acceptors (Lipinski definition) is 6. The first kappa shape index (κ1) is 20.6. The van der Waals surface area contributed by atoms with E-state index in [1.807, 2.05) is 46.7 Å². The average Bonchev–Trinajstić information content (AvgIpc) is 3.36. The van der Waals surface area contributed by atoms with Crippen LogP contribution in [0, 0.1) is 0 Å². The van der Waals surface area contributed by atoms with Gasteiger partial charge in [-0.25, -0.2) is 4.79 Å². The Morgan fingerprint density at radius 1 is 1.06 bits per heavy atom. The largest absolute Gasteiger partial charge is 0.493 e. The molecule has 164 valence electrons. The van der Waals surface area contributed by atoms with Gasteiger partial charge < -0.3 is 19.1 Å². The first-order valence-corrected chi connectivity index (χ1v) is 11.4. The molecule has 0 spiro atoms. The molecule has 7 heteroatoms. The molecule has 6 nitrogen and oxygen atoms in total. The Morgan fingerprint density at radius 2 is 1.84 bits per heavy atom. The molecular weight excluding hydrogens is 426 g/mol. The van der Waals surface area contributed by atoms with E-state index in [2.05, 4.69) is 0 Å². The molecule has 5 rings (SSSR count). The van der Waals surface area contributed by atoms with E-state index in [1.54, 1.807) is 37.7 Å². The highest BCUT2D eigenvalue weighted by molar-refractivity contribution is 7.10. The highest BCUT2D eigenvalue weighted by atomic mass is 32.1. The molecule has 3 aromatic rings. The molecule has 0 saturated carbocycles. The average molecular weight is 450 g/mol. The Balaban J connectivity index is 1.53. The summed E-state index contributed by atoms with van der Waals surface area (Å²) < 4.78 is 16.6. The molecule has 2 aromatic carbocycles. The van der Waals surface area contributed by atoms with Crippen LogP contribution in [0.4, 0.5) is 0 Å². The van der Waals surface area contributed by atoms with Crippen LogP contribution in [0.5, 0.6) is 11.5 Å². The van der Waals surface area contributed by atoms with E-state index in [9.17, 15) is 9.59 Å². The zero-order valence-corrected chi connectivity index (χ0v) is 18.7. The molecule has 2 unspecified atom stereocenters. The Kier molecular flexibility index (Phi) is 5.35. The molecule has 0 radical (unpaired) electrons. The molecule has 2 aliphatic heterocycles. The maximum atomic E-state index is 13.7. The highest BCUT2D eigenvalue weighted by Gasteiger charge is 2.40. The molecule has 2 aliphatic rings. The second kappa shape index (κ2) is 8.31. The van der Waals surface area contributed by atoms with Crippen molar-refractivity contribution in [2.75, 3.05) is 20.8 Å². The van der Waals surface area contributed by atoms with E-state index in [0.29, 0.717) is 36.4 Å². The summed E-state index contributed by atoms with van der Waals surface area (Å²) in [4.78, 5) is 29.1. The van der Waals surface area contributed by atoms with Crippen molar-refractivity contribution in [2.24, 2.45) is 0 Å². The number of fused-ring (bicyclic) bond motifs is 2.